The lowest BCUT2D eigenvalue weighted by molar-refractivity contribution is 0.0764. The summed E-state index contributed by atoms with van der Waals surface area (Å²) in [7, 11) is 0. The molecule has 0 spiro atoms. The third kappa shape index (κ3) is 2.49. The zero-order valence-electron chi connectivity index (χ0n) is 7.74. The molecule has 0 aliphatic carbocycles. The Balaban J connectivity index is 2.16. The van der Waals surface area contributed by atoms with Crippen LogP contribution in [0.1, 0.15) is 16.9 Å². The number of nitrogens with zero attached hydrogens (tertiary/aromatic N) is 2. The van der Waals surface area contributed by atoms with Gasteiger partial charge in [0.2, 0.25) is 0 Å². The molecular weight excluding hydrogens is 344 g/mol. The van der Waals surface area contributed by atoms with Crippen LogP contribution in [-0.4, -0.2) is 28.3 Å². The van der Waals surface area contributed by atoms with E-state index in [4.69, 9.17) is 0 Å². The van der Waals surface area contributed by atoms with Crippen molar-refractivity contribution in [3.63, 3.8) is 0 Å². The highest BCUT2D eigenvalue weighted by molar-refractivity contribution is 9.11. The molecule has 0 radical (unpaired) electrons. The highest BCUT2D eigenvalue weighted by Crippen LogP contribution is 2.22. The van der Waals surface area contributed by atoms with Gasteiger partial charge >= 0.3 is 0 Å². The van der Waals surface area contributed by atoms with Gasteiger partial charge in [0.05, 0.1) is 11.0 Å². The molecule has 1 aliphatic heterocycles. The van der Waals surface area contributed by atoms with Gasteiger partial charge in [0.1, 0.15) is 0 Å². The molecule has 0 saturated carbocycles. The van der Waals surface area contributed by atoms with Crippen molar-refractivity contribution >= 4 is 49.3 Å². The molecule has 80 valence electrons. The number of rotatable bonds is 1. The average Bonchev–Trinajstić information content (AvgIpc) is 2.63. The molecule has 1 aromatic rings. The predicted octanol–water partition coefficient (Wildman–Crippen LogP) is 3.03. The predicted molar refractivity (Wildman–Crippen MR) is 67.3 cm³/mol. The number of carbonyl (C=O) groups is 1. The lowest BCUT2D eigenvalue weighted by Gasteiger charge is -2.24. The molecule has 0 atom stereocenters. The number of halogens is 2. The molecule has 1 aromatic heterocycles. The van der Waals surface area contributed by atoms with Gasteiger partial charge in [-0.3, -0.25) is 4.79 Å². The standard InChI is InChI=1S/C9H8Br2N2OS/c10-6-2-1-3-13(4-6)9(14)8-7(11)5-15-12-8/h2,5H,1,3-4H2. The van der Waals surface area contributed by atoms with E-state index in [1.165, 1.54) is 11.5 Å². The topological polar surface area (TPSA) is 33.2 Å². The summed E-state index contributed by atoms with van der Waals surface area (Å²) in [6, 6.07) is 0. The highest BCUT2D eigenvalue weighted by Gasteiger charge is 2.22. The lowest BCUT2D eigenvalue weighted by Crippen LogP contribution is -2.35. The quantitative estimate of drug-likeness (QED) is 0.779. The Hall–Kier alpha value is -0.200. The second-order valence-corrected chi connectivity index (χ2v) is 5.68. The molecule has 1 aliphatic rings. The van der Waals surface area contributed by atoms with Crippen molar-refractivity contribution < 1.29 is 4.79 Å². The fourth-order valence-corrected chi connectivity index (χ4v) is 3.09. The second kappa shape index (κ2) is 4.76. The number of aromatic nitrogens is 1. The van der Waals surface area contributed by atoms with Crippen molar-refractivity contribution in [1.82, 2.24) is 9.27 Å². The first kappa shape index (κ1) is 11.3. The molecule has 3 nitrogen and oxygen atoms in total. The molecule has 6 heteroatoms. The summed E-state index contributed by atoms with van der Waals surface area (Å²) in [5.74, 6) is -0.00632. The van der Waals surface area contributed by atoms with Crippen LogP contribution in [-0.2, 0) is 0 Å². The van der Waals surface area contributed by atoms with E-state index >= 15 is 0 Å². The maximum atomic E-state index is 12.0. The Morgan fingerprint density at radius 3 is 2.93 bits per heavy atom. The van der Waals surface area contributed by atoms with Crippen molar-refractivity contribution in [2.24, 2.45) is 0 Å². The Bertz CT molecular complexity index is 416. The smallest absolute Gasteiger partial charge is 0.275 e. The maximum absolute atomic E-state index is 12.0. The summed E-state index contributed by atoms with van der Waals surface area (Å²) in [5.41, 5.74) is 0.516. The summed E-state index contributed by atoms with van der Waals surface area (Å²) in [5, 5.41) is 1.82. The van der Waals surface area contributed by atoms with E-state index in [-0.39, 0.29) is 5.91 Å². The van der Waals surface area contributed by atoms with Gasteiger partial charge in [-0.05, 0) is 33.9 Å². The van der Waals surface area contributed by atoms with E-state index in [2.05, 4.69) is 42.3 Å². The van der Waals surface area contributed by atoms with Gasteiger partial charge in [-0.1, -0.05) is 22.0 Å². The summed E-state index contributed by atoms with van der Waals surface area (Å²) >= 11 is 8.03. The molecule has 0 N–H and O–H groups in total. The van der Waals surface area contributed by atoms with Crippen molar-refractivity contribution in [3.05, 3.63) is 26.1 Å². The SMILES string of the molecule is O=C(c1nscc1Br)N1CCC=C(Br)C1. The number of carbonyl (C=O) groups excluding carboxylic acids is 1. The third-order valence-corrected chi connectivity index (χ3v) is 4.23. The fraction of sp³-hybridized carbons (Fsp3) is 0.333. The third-order valence-electron chi connectivity index (χ3n) is 2.12. The van der Waals surface area contributed by atoms with E-state index in [1.807, 2.05) is 5.38 Å². The van der Waals surface area contributed by atoms with Crippen LogP contribution in [0.15, 0.2) is 20.4 Å². The van der Waals surface area contributed by atoms with Crippen LogP contribution in [0.5, 0.6) is 0 Å². The molecule has 0 aromatic carbocycles. The number of hydrogen-bond donors (Lipinski definition) is 0. The molecule has 1 amide bonds. The van der Waals surface area contributed by atoms with Crippen molar-refractivity contribution in [3.8, 4) is 0 Å². The molecule has 0 fully saturated rings. The van der Waals surface area contributed by atoms with E-state index in [9.17, 15) is 4.79 Å². The molecule has 0 bridgehead atoms. The number of hydrogen-bond acceptors (Lipinski definition) is 3. The van der Waals surface area contributed by atoms with Gasteiger partial charge < -0.3 is 4.90 Å². The largest absolute Gasteiger partial charge is 0.332 e. The van der Waals surface area contributed by atoms with E-state index < -0.39 is 0 Å². The normalized spacial score (nSPS) is 16.4. The summed E-state index contributed by atoms with van der Waals surface area (Å²) in [4.78, 5) is 13.8. The van der Waals surface area contributed by atoms with Gasteiger partial charge in [0, 0.05) is 16.4 Å². The first-order valence-electron chi connectivity index (χ1n) is 4.42. The fourth-order valence-electron chi connectivity index (χ4n) is 1.39. The molecule has 15 heavy (non-hydrogen) atoms. The molecular formula is C9H8Br2N2OS. The molecule has 0 unspecified atom stereocenters. The van der Waals surface area contributed by atoms with E-state index in [1.54, 1.807) is 4.90 Å². The van der Waals surface area contributed by atoms with Crippen molar-refractivity contribution in [2.75, 3.05) is 13.1 Å². The van der Waals surface area contributed by atoms with Crippen LogP contribution >= 0.6 is 43.4 Å². The first-order chi connectivity index (χ1) is 7.18. The van der Waals surface area contributed by atoms with Gasteiger partial charge in [-0.25, -0.2) is 0 Å². The van der Waals surface area contributed by atoms with Crippen LogP contribution < -0.4 is 0 Å². The average molecular weight is 352 g/mol. The van der Waals surface area contributed by atoms with E-state index in [0.29, 0.717) is 12.2 Å². The summed E-state index contributed by atoms with van der Waals surface area (Å²) < 4.78 is 5.93. The minimum absolute atomic E-state index is 0.00632. The van der Waals surface area contributed by atoms with Gasteiger partial charge in [-0.15, -0.1) is 0 Å². The van der Waals surface area contributed by atoms with Crippen LogP contribution in [0.4, 0.5) is 0 Å². The molecule has 2 heterocycles. The Morgan fingerprint density at radius 1 is 1.53 bits per heavy atom. The number of amides is 1. The van der Waals surface area contributed by atoms with Crippen LogP contribution in [0, 0.1) is 0 Å². The minimum atomic E-state index is -0.00632. The monoisotopic (exact) mass is 350 g/mol. The summed E-state index contributed by atoms with van der Waals surface area (Å²) in [6.07, 6.45) is 2.99. The lowest BCUT2D eigenvalue weighted by atomic mass is 10.2. The highest BCUT2D eigenvalue weighted by atomic mass is 79.9. The maximum Gasteiger partial charge on any atom is 0.275 e. The van der Waals surface area contributed by atoms with Crippen LogP contribution in [0.3, 0.4) is 0 Å². The Morgan fingerprint density at radius 2 is 2.33 bits per heavy atom. The second-order valence-electron chi connectivity index (χ2n) is 3.18. The molecule has 2 rings (SSSR count). The van der Waals surface area contributed by atoms with Gasteiger partial charge in [0.25, 0.3) is 5.91 Å². The van der Waals surface area contributed by atoms with Gasteiger partial charge in [-0.2, -0.15) is 4.37 Å². The Labute approximate surface area is 109 Å². The molecule has 0 saturated heterocycles. The zero-order chi connectivity index (χ0) is 10.8. The van der Waals surface area contributed by atoms with Crippen molar-refractivity contribution in [2.45, 2.75) is 6.42 Å². The van der Waals surface area contributed by atoms with Crippen molar-refractivity contribution in [1.29, 1.82) is 0 Å². The Kier molecular flexibility index (Phi) is 3.58. The van der Waals surface area contributed by atoms with Gasteiger partial charge in [0.15, 0.2) is 5.69 Å². The zero-order valence-corrected chi connectivity index (χ0v) is 11.7. The minimum Gasteiger partial charge on any atom is -0.332 e. The first-order valence-corrected chi connectivity index (χ1v) is 6.84. The van der Waals surface area contributed by atoms with Crippen LogP contribution in [0.2, 0.25) is 0 Å². The van der Waals surface area contributed by atoms with Crippen LogP contribution in [0.25, 0.3) is 0 Å². The van der Waals surface area contributed by atoms with E-state index in [0.717, 1.165) is 21.9 Å². The summed E-state index contributed by atoms with van der Waals surface area (Å²) in [6.45, 7) is 1.40.